The lowest BCUT2D eigenvalue weighted by Gasteiger charge is -2.34. The molecular formula is C14H18ClNO2. The average Bonchev–Trinajstić information content (AvgIpc) is 2.41. The molecule has 1 heterocycles. The Labute approximate surface area is 112 Å². The van der Waals surface area contributed by atoms with E-state index in [1.165, 1.54) is 0 Å². The fraction of sp³-hybridized carbons (Fsp3) is 0.500. The SMILES string of the molecule is Cc1ccc(C(=O)N2CCCCC2CO)cc1Cl. The Bertz CT molecular complexity index is 447. The van der Waals surface area contributed by atoms with Crippen molar-refractivity contribution in [3.8, 4) is 0 Å². The highest BCUT2D eigenvalue weighted by atomic mass is 35.5. The molecule has 1 saturated heterocycles. The molecule has 0 spiro atoms. The predicted molar refractivity (Wildman–Crippen MR) is 72.0 cm³/mol. The van der Waals surface area contributed by atoms with Crippen molar-refractivity contribution in [1.82, 2.24) is 4.90 Å². The number of carbonyl (C=O) groups is 1. The third-order valence-electron chi connectivity index (χ3n) is 3.52. The Kier molecular flexibility index (Phi) is 4.25. The van der Waals surface area contributed by atoms with Gasteiger partial charge >= 0.3 is 0 Å². The van der Waals surface area contributed by atoms with Gasteiger partial charge < -0.3 is 10.0 Å². The number of hydrogen-bond donors (Lipinski definition) is 1. The number of aryl methyl sites for hydroxylation is 1. The van der Waals surface area contributed by atoms with Crippen molar-refractivity contribution in [3.05, 3.63) is 34.3 Å². The van der Waals surface area contributed by atoms with Gasteiger partial charge in [0.15, 0.2) is 0 Å². The number of aliphatic hydroxyl groups excluding tert-OH is 1. The van der Waals surface area contributed by atoms with Gasteiger partial charge in [-0.3, -0.25) is 4.79 Å². The summed E-state index contributed by atoms with van der Waals surface area (Å²) in [6, 6.07) is 5.31. The van der Waals surface area contributed by atoms with Crippen LogP contribution < -0.4 is 0 Å². The van der Waals surface area contributed by atoms with Crippen molar-refractivity contribution in [2.24, 2.45) is 0 Å². The van der Waals surface area contributed by atoms with Gasteiger partial charge in [0, 0.05) is 17.1 Å². The van der Waals surface area contributed by atoms with Gasteiger partial charge in [-0.2, -0.15) is 0 Å². The van der Waals surface area contributed by atoms with Crippen molar-refractivity contribution in [1.29, 1.82) is 0 Å². The summed E-state index contributed by atoms with van der Waals surface area (Å²) in [6.45, 7) is 2.66. The highest BCUT2D eigenvalue weighted by molar-refractivity contribution is 6.31. The normalized spacial score (nSPS) is 19.9. The minimum atomic E-state index is -0.0497. The number of halogens is 1. The number of rotatable bonds is 2. The molecule has 4 heteroatoms. The van der Waals surface area contributed by atoms with Crippen molar-refractivity contribution in [2.45, 2.75) is 32.2 Å². The highest BCUT2D eigenvalue weighted by Crippen LogP contribution is 2.22. The molecule has 98 valence electrons. The first-order chi connectivity index (χ1) is 8.63. The number of carbonyl (C=O) groups excluding carboxylic acids is 1. The van der Waals surface area contributed by atoms with Crippen LogP contribution in [-0.2, 0) is 0 Å². The van der Waals surface area contributed by atoms with Gasteiger partial charge in [0.05, 0.1) is 12.6 Å². The molecule has 1 N–H and O–H groups in total. The molecule has 0 aliphatic carbocycles. The van der Waals surface area contributed by atoms with Gasteiger partial charge in [0.1, 0.15) is 0 Å². The van der Waals surface area contributed by atoms with Crippen LogP contribution in [0, 0.1) is 6.92 Å². The van der Waals surface area contributed by atoms with Crippen molar-refractivity contribution < 1.29 is 9.90 Å². The minimum absolute atomic E-state index is 0.0318. The van der Waals surface area contributed by atoms with Crippen LogP contribution in [0.15, 0.2) is 18.2 Å². The summed E-state index contributed by atoms with van der Waals surface area (Å²) in [5.41, 5.74) is 1.57. The van der Waals surface area contributed by atoms with Crippen LogP contribution >= 0.6 is 11.6 Å². The second kappa shape index (κ2) is 5.72. The van der Waals surface area contributed by atoms with Gasteiger partial charge in [-0.15, -0.1) is 0 Å². The Hall–Kier alpha value is -1.06. The lowest BCUT2D eigenvalue weighted by molar-refractivity contribution is 0.0503. The highest BCUT2D eigenvalue weighted by Gasteiger charge is 2.26. The molecule has 0 saturated carbocycles. The predicted octanol–water partition coefficient (Wildman–Crippen LogP) is 2.64. The minimum Gasteiger partial charge on any atom is -0.394 e. The fourth-order valence-electron chi connectivity index (χ4n) is 2.35. The molecule has 3 nitrogen and oxygen atoms in total. The first kappa shape index (κ1) is 13.4. The maximum absolute atomic E-state index is 12.4. The largest absolute Gasteiger partial charge is 0.394 e. The molecule has 1 amide bonds. The summed E-state index contributed by atoms with van der Waals surface area (Å²) in [5, 5.41) is 9.95. The number of likely N-dealkylation sites (tertiary alicyclic amines) is 1. The van der Waals surface area contributed by atoms with E-state index in [1.807, 2.05) is 13.0 Å². The molecule has 18 heavy (non-hydrogen) atoms. The van der Waals surface area contributed by atoms with Crippen LogP contribution in [0.25, 0.3) is 0 Å². The summed E-state index contributed by atoms with van der Waals surface area (Å²) < 4.78 is 0. The standard InChI is InChI=1S/C14H18ClNO2/c1-10-5-6-11(8-13(10)15)14(18)16-7-3-2-4-12(16)9-17/h5-6,8,12,17H,2-4,7,9H2,1H3. The second-order valence-electron chi connectivity index (χ2n) is 4.79. The topological polar surface area (TPSA) is 40.5 Å². The maximum Gasteiger partial charge on any atom is 0.254 e. The van der Waals surface area contributed by atoms with Crippen LogP contribution in [0.3, 0.4) is 0 Å². The van der Waals surface area contributed by atoms with Crippen molar-refractivity contribution in [3.63, 3.8) is 0 Å². The Balaban J connectivity index is 2.21. The van der Waals surface area contributed by atoms with E-state index in [-0.39, 0.29) is 18.6 Å². The van der Waals surface area contributed by atoms with Gasteiger partial charge in [0.2, 0.25) is 0 Å². The lowest BCUT2D eigenvalue weighted by atomic mass is 10.0. The molecule has 1 atom stereocenters. The summed E-state index contributed by atoms with van der Waals surface area (Å²) in [5.74, 6) is -0.0318. The third kappa shape index (κ3) is 2.68. The molecule has 1 aliphatic rings. The zero-order chi connectivity index (χ0) is 13.1. The molecule has 1 aromatic carbocycles. The molecule has 0 radical (unpaired) electrons. The number of aliphatic hydroxyl groups is 1. The number of piperidine rings is 1. The molecular weight excluding hydrogens is 250 g/mol. The second-order valence-corrected chi connectivity index (χ2v) is 5.20. The molecule has 0 aromatic heterocycles. The van der Waals surface area contributed by atoms with Crippen LogP contribution in [-0.4, -0.2) is 35.1 Å². The summed E-state index contributed by atoms with van der Waals surface area (Å²) in [7, 11) is 0. The summed E-state index contributed by atoms with van der Waals surface area (Å²) >= 11 is 6.05. The lowest BCUT2D eigenvalue weighted by Crippen LogP contribution is -2.45. The van der Waals surface area contributed by atoms with Crippen LogP contribution in [0.5, 0.6) is 0 Å². The summed E-state index contributed by atoms with van der Waals surface area (Å²) in [4.78, 5) is 14.2. The monoisotopic (exact) mass is 267 g/mol. The van der Waals surface area contributed by atoms with Crippen LogP contribution in [0.1, 0.15) is 35.2 Å². The first-order valence-electron chi connectivity index (χ1n) is 6.31. The first-order valence-corrected chi connectivity index (χ1v) is 6.69. The van der Waals surface area contributed by atoms with E-state index >= 15 is 0 Å². The molecule has 2 rings (SSSR count). The van der Waals surface area contributed by atoms with E-state index in [2.05, 4.69) is 0 Å². The fourth-order valence-corrected chi connectivity index (χ4v) is 2.53. The van der Waals surface area contributed by atoms with Gasteiger partial charge in [-0.05, 0) is 43.9 Å². The third-order valence-corrected chi connectivity index (χ3v) is 3.92. The zero-order valence-electron chi connectivity index (χ0n) is 10.5. The van der Waals surface area contributed by atoms with Crippen molar-refractivity contribution in [2.75, 3.05) is 13.2 Å². The molecule has 1 fully saturated rings. The van der Waals surface area contributed by atoms with E-state index in [4.69, 9.17) is 11.6 Å². The van der Waals surface area contributed by atoms with E-state index in [0.717, 1.165) is 31.4 Å². The number of amides is 1. The zero-order valence-corrected chi connectivity index (χ0v) is 11.3. The molecule has 1 unspecified atom stereocenters. The van der Waals surface area contributed by atoms with Crippen LogP contribution in [0.2, 0.25) is 5.02 Å². The van der Waals surface area contributed by atoms with Gasteiger partial charge in [-0.25, -0.2) is 0 Å². The smallest absolute Gasteiger partial charge is 0.254 e. The van der Waals surface area contributed by atoms with Crippen LogP contribution in [0.4, 0.5) is 0 Å². The molecule has 0 bridgehead atoms. The molecule has 1 aliphatic heterocycles. The van der Waals surface area contributed by atoms with E-state index in [0.29, 0.717) is 10.6 Å². The molecule has 1 aromatic rings. The Morgan fingerprint density at radius 1 is 1.50 bits per heavy atom. The van der Waals surface area contributed by atoms with E-state index < -0.39 is 0 Å². The summed E-state index contributed by atoms with van der Waals surface area (Å²) in [6.07, 6.45) is 2.95. The van der Waals surface area contributed by atoms with E-state index in [1.54, 1.807) is 17.0 Å². The number of benzene rings is 1. The maximum atomic E-state index is 12.4. The average molecular weight is 268 g/mol. The van der Waals surface area contributed by atoms with Gasteiger partial charge in [0.25, 0.3) is 5.91 Å². The van der Waals surface area contributed by atoms with Crippen molar-refractivity contribution >= 4 is 17.5 Å². The number of hydrogen-bond acceptors (Lipinski definition) is 2. The quantitative estimate of drug-likeness (QED) is 0.895. The van der Waals surface area contributed by atoms with Gasteiger partial charge in [-0.1, -0.05) is 17.7 Å². The Morgan fingerprint density at radius 2 is 2.28 bits per heavy atom. The number of nitrogens with zero attached hydrogens (tertiary/aromatic N) is 1. The Morgan fingerprint density at radius 3 is 2.94 bits per heavy atom. The van der Waals surface area contributed by atoms with E-state index in [9.17, 15) is 9.90 Å².